The minimum Gasteiger partial charge on any atom is -0.444 e. The third kappa shape index (κ3) is 4.73. The summed E-state index contributed by atoms with van der Waals surface area (Å²) in [6, 6.07) is 5.51. The zero-order chi connectivity index (χ0) is 14.6. The van der Waals surface area contributed by atoms with Gasteiger partial charge in [-0.2, -0.15) is 0 Å². The minimum absolute atomic E-state index is 0.144. The van der Waals surface area contributed by atoms with Crippen LogP contribution in [0, 0.1) is 6.92 Å². The molecule has 4 heteroatoms. The third-order valence-corrected chi connectivity index (χ3v) is 2.62. The first-order valence-electron chi connectivity index (χ1n) is 6.29. The van der Waals surface area contributed by atoms with E-state index in [2.05, 4.69) is 5.32 Å². The first-order chi connectivity index (χ1) is 8.73. The number of rotatable bonds is 3. The van der Waals surface area contributed by atoms with E-state index in [-0.39, 0.29) is 5.92 Å². The van der Waals surface area contributed by atoms with Crippen molar-refractivity contribution in [2.24, 2.45) is 0 Å². The highest BCUT2D eigenvalue weighted by Crippen LogP contribution is 2.21. The van der Waals surface area contributed by atoms with Crippen LogP contribution in [0.5, 0.6) is 0 Å². The molecule has 0 spiro atoms. The highest BCUT2D eigenvalue weighted by Gasteiger charge is 2.17. The van der Waals surface area contributed by atoms with Gasteiger partial charge in [-0.05, 0) is 44.9 Å². The molecule has 1 atom stereocenters. The molecule has 0 aliphatic rings. The number of ether oxygens (including phenoxy) is 1. The molecule has 1 aromatic carbocycles. The molecule has 1 aromatic rings. The van der Waals surface area contributed by atoms with Crippen molar-refractivity contribution in [2.75, 3.05) is 5.32 Å². The maximum atomic E-state index is 11.7. The first kappa shape index (κ1) is 15.2. The number of aryl methyl sites for hydroxylation is 1. The van der Waals surface area contributed by atoms with Crippen molar-refractivity contribution in [3.8, 4) is 0 Å². The highest BCUT2D eigenvalue weighted by molar-refractivity contribution is 5.86. The summed E-state index contributed by atoms with van der Waals surface area (Å²) in [5.74, 6) is -0.144. The molecule has 104 valence electrons. The quantitative estimate of drug-likeness (QED) is 0.847. The Morgan fingerprint density at radius 3 is 2.47 bits per heavy atom. The summed E-state index contributed by atoms with van der Waals surface area (Å²) in [5, 5.41) is 2.70. The van der Waals surface area contributed by atoms with Gasteiger partial charge < -0.3 is 9.53 Å². The number of anilines is 1. The number of hydrogen-bond donors (Lipinski definition) is 1. The molecule has 0 saturated carbocycles. The minimum atomic E-state index is -0.524. The Morgan fingerprint density at radius 2 is 2.00 bits per heavy atom. The zero-order valence-electron chi connectivity index (χ0n) is 12.1. The Balaban J connectivity index is 2.81. The van der Waals surface area contributed by atoms with Gasteiger partial charge in [-0.15, -0.1) is 0 Å². The molecule has 0 aliphatic carbocycles. The average molecular weight is 263 g/mol. The van der Waals surface area contributed by atoms with E-state index in [1.54, 1.807) is 6.07 Å². The van der Waals surface area contributed by atoms with Crippen LogP contribution in [0.2, 0.25) is 0 Å². The molecule has 4 nitrogen and oxygen atoms in total. The Kier molecular flexibility index (Phi) is 4.70. The molecule has 19 heavy (non-hydrogen) atoms. The van der Waals surface area contributed by atoms with Gasteiger partial charge in [0.25, 0.3) is 0 Å². The Hall–Kier alpha value is -1.84. The Labute approximate surface area is 114 Å². The van der Waals surface area contributed by atoms with Gasteiger partial charge in [0.1, 0.15) is 11.9 Å². The van der Waals surface area contributed by atoms with Gasteiger partial charge in [-0.1, -0.05) is 19.1 Å². The van der Waals surface area contributed by atoms with Gasteiger partial charge in [-0.25, -0.2) is 4.79 Å². The van der Waals surface area contributed by atoms with Crippen molar-refractivity contribution < 1.29 is 14.3 Å². The standard InChI is InChI=1S/C15H21NO3/c1-10-8-12(11(2)9-17)6-7-13(10)16-14(18)19-15(3,4)5/h6-9,11H,1-5H3,(H,16,18). The van der Waals surface area contributed by atoms with Crippen LogP contribution in [0.1, 0.15) is 44.7 Å². The lowest BCUT2D eigenvalue weighted by Gasteiger charge is -2.20. The monoisotopic (exact) mass is 263 g/mol. The normalized spacial score (nSPS) is 12.7. The van der Waals surface area contributed by atoms with Gasteiger partial charge >= 0.3 is 6.09 Å². The summed E-state index contributed by atoms with van der Waals surface area (Å²) in [5.41, 5.74) is 2.00. The van der Waals surface area contributed by atoms with Gasteiger partial charge in [-0.3, -0.25) is 5.32 Å². The summed E-state index contributed by atoms with van der Waals surface area (Å²) in [7, 11) is 0. The fourth-order valence-electron chi connectivity index (χ4n) is 1.60. The van der Waals surface area contributed by atoms with Crippen molar-refractivity contribution in [1.82, 2.24) is 0 Å². The fraction of sp³-hybridized carbons (Fsp3) is 0.467. The predicted molar refractivity (Wildman–Crippen MR) is 75.5 cm³/mol. The van der Waals surface area contributed by atoms with Crippen LogP contribution in [-0.2, 0) is 9.53 Å². The van der Waals surface area contributed by atoms with Gasteiger partial charge in [0.15, 0.2) is 0 Å². The highest BCUT2D eigenvalue weighted by atomic mass is 16.6. The van der Waals surface area contributed by atoms with E-state index in [4.69, 9.17) is 4.74 Å². The van der Waals surface area contributed by atoms with Crippen molar-refractivity contribution >= 4 is 18.1 Å². The number of nitrogens with one attached hydrogen (secondary N) is 1. The molecule has 0 heterocycles. The summed E-state index contributed by atoms with van der Waals surface area (Å²) >= 11 is 0. The number of amides is 1. The number of aldehydes is 1. The lowest BCUT2D eigenvalue weighted by molar-refractivity contribution is -0.108. The van der Waals surface area contributed by atoms with E-state index in [9.17, 15) is 9.59 Å². The van der Waals surface area contributed by atoms with E-state index in [1.165, 1.54) is 0 Å². The second-order valence-electron chi connectivity index (χ2n) is 5.63. The number of carbonyl (C=O) groups is 2. The van der Waals surface area contributed by atoms with Crippen LogP contribution < -0.4 is 5.32 Å². The number of hydrogen-bond acceptors (Lipinski definition) is 3. The SMILES string of the molecule is Cc1cc(C(C)C=O)ccc1NC(=O)OC(C)(C)C. The average Bonchev–Trinajstić information content (AvgIpc) is 2.28. The summed E-state index contributed by atoms with van der Waals surface area (Å²) in [6.45, 7) is 9.16. The van der Waals surface area contributed by atoms with E-state index >= 15 is 0 Å². The van der Waals surface area contributed by atoms with Crippen molar-refractivity contribution in [2.45, 2.75) is 46.1 Å². The maximum absolute atomic E-state index is 11.7. The Morgan fingerprint density at radius 1 is 1.37 bits per heavy atom. The summed E-state index contributed by atoms with van der Waals surface area (Å²) in [6.07, 6.45) is 0.419. The summed E-state index contributed by atoms with van der Waals surface area (Å²) in [4.78, 5) is 22.4. The molecular formula is C15H21NO3. The number of benzene rings is 1. The van der Waals surface area contributed by atoms with Gasteiger partial charge in [0.05, 0.1) is 0 Å². The van der Waals surface area contributed by atoms with E-state index in [0.29, 0.717) is 5.69 Å². The van der Waals surface area contributed by atoms with Crippen LogP contribution in [0.3, 0.4) is 0 Å². The van der Waals surface area contributed by atoms with E-state index < -0.39 is 11.7 Å². The molecule has 1 rings (SSSR count). The predicted octanol–water partition coefficient (Wildman–Crippen LogP) is 3.64. The second-order valence-corrected chi connectivity index (χ2v) is 5.63. The molecule has 0 radical (unpaired) electrons. The Bertz CT molecular complexity index is 475. The van der Waals surface area contributed by atoms with Crippen LogP contribution in [-0.4, -0.2) is 18.0 Å². The molecule has 0 bridgehead atoms. The molecule has 1 N–H and O–H groups in total. The maximum Gasteiger partial charge on any atom is 0.412 e. The van der Waals surface area contributed by atoms with Gasteiger partial charge in [0, 0.05) is 11.6 Å². The van der Waals surface area contributed by atoms with Gasteiger partial charge in [0.2, 0.25) is 0 Å². The molecule has 1 unspecified atom stereocenters. The van der Waals surface area contributed by atoms with Crippen molar-refractivity contribution in [3.05, 3.63) is 29.3 Å². The molecule has 0 aromatic heterocycles. The fourth-order valence-corrected chi connectivity index (χ4v) is 1.60. The zero-order valence-corrected chi connectivity index (χ0v) is 12.1. The van der Waals surface area contributed by atoms with Crippen LogP contribution in [0.25, 0.3) is 0 Å². The van der Waals surface area contributed by atoms with Crippen molar-refractivity contribution in [3.63, 3.8) is 0 Å². The third-order valence-electron chi connectivity index (χ3n) is 2.62. The lowest BCUT2D eigenvalue weighted by atomic mass is 10.00. The van der Waals surface area contributed by atoms with Crippen LogP contribution >= 0.6 is 0 Å². The largest absolute Gasteiger partial charge is 0.444 e. The molecule has 0 fully saturated rings. The second kappa shape index (κ2) is 5.87. The van der Waals surface area contributed by atoms with E-state index in [1.807, 2.05) is 46.8 Å². The lowest BCUT2D eigenvalue weighted by Crippen LogP contribution is -2.27. The first-order valence-corrected chi connectivity index (χ1v) is 6.29. The molecule has 0 aliphatic heterocycles. The molecule has 0 saturated heterocycles. The van der Waals surface area contributed by atoms with E-state index in [0.717, 1.165) is 17.4 Å². The summed E-state index contributed by atoms with van der Waals surface area (Å²) < 4.78 is 5.19. The number of carbonyl (C=O) groups excluding carboxylic acids is 2. The van der Waals surface area contributed by atoms with Crippen molar-refractivity contribution in [1.29, 1.82) is 0 Å². The smallest absolute Gasteiger partial charge is 0.412 e. The van der Waals surface area contributed by atoms with Crippen LogP contribution in [0.15, 0.2) is 18.2 Å². The molecular weight excluding hydrogens is 242 g/mol. The topological polar surface area (TPSA) is 55.4 Å². The van der Waals surface area contributed by atoms with Crippen LogP contribution in [0.4, 0.5) is 10.5 Å². The molecule has 1 amide bonds.